The van der Waals surface area contributed by atoms with Gasteiger partial charge in [-0.1, -0.05) is 0 Å². The van der Waals surface area contributed by atoms with E-state index in [-0.39, 0.29) is 12.2 Å². The summed E-state index contributed by atoms with van der Waals surface area (Å²) in [5.41, 5.74) is 0.236. The lowest BCUT2D eigenvalue weighted by Crippen LogP contribution is -2.22. The SMILES string of the molecule is OCc1cc(NCC2CCC(F)CC2)ncc1F. The Hall–Kier alpha value is -1.23. The van der Waals surface area contributed by atoms with E-state index in [2.05, 4.69) is 10.3 Å². The highest BCUT2D eigenvalue weighted by atomic mass is 19.1. The number of halogens is 2. The van der Waals surface area contributed by atoms with Gasteiger partial charge in [0.25, 0.3) is 0 Å². The number of hydrogen-bond acceptors (Lipinski definition) is 3. The summed E-state index contributed by atoms with van der Waals surface area (Å²) >= 11 is 0. The van der Waals surface area contributed by atoms with Gasteiger partial charge in [-0.05, 0) is 37.7 Å². The monoisotopic (exact) mass is 256 g/mol. The molecule has 100 valence electrons. The van der Waals surface area contributed by atoms with Crippen LogP contribution in [0.25, 0.3) is 0 Å². The van der Waals surface area contributed by atoms with Crippen molar-refractivity contribution in [2.75, 3.05) is 11.9 Å². The van der Waals surface area contributed by atoms with Crippen LogP contribution < -0.4 is 5.32 Å². The van der Waals surface area contributed by atoms with Crippen LogP contribution in [0.15, 0.2) is 12.3 Å². The lowest BCUT2D eigenvalue weighted by Gasteiger charge is -2.24. The van der Waals surface area contributed by atoms with Gasteiger partial charge >= 0.3 is 0 Å². The fourth-order valence-electron chi connectivity index (χ4n) is 2.27. The molecule has 0 unspecified atom stereocenters. The molecule has 0 radical (unpaired) electrons. The van der Waals surface area contributed by atoms with Crippen molar-refractivity contribution in [2.45, 2.75) is 38.5 Å². The molecule has 0 amide bonds. The van der Waals surface area contributed by atoms with Gasteiger partial charge in [-0.25, -0.2) is 13.8 Å². The number of pyridine rings is 1. The Morgan fingerprint density at radius 1 is 1.33 bits per heavy atom. The zero-order chi connectivity index (χ0) is 13.0. The molecule has 1 saturated carbocycles. The first kappa shape index (κ1) is 13.2. The average Bonchev–Trinajstić information content (AvgIpc) is 2.39. The van der Waals surface area contributed by atoms with E-state index in [1.165, 1.54) is 6.07 Å². The van der Waals surface area contributed by atoms with Gasteiger partial charge in [-0.15, -0.1) is 0 Å². The quantitative estimate of drug-likeness (QED) is 0.870. The molecule has 0 atom stereocenters. The standard InChI is InChI=1S/C13H18F2N2O/c14-11-3-1-9(2-4-11)6-16-13-5-10(8-18)12(15)7-17-13/h5,7,9,11,18H,1-4,6,8H2,(H,16,17). The van der Waals surface area contributed by atoms with E-state index in [1.54, 1.807) is 0 Å². The predicted molar refractivity (Wildman–Crippen MR) is 65.5 cm³/mol. The van der Waals surface area contributed by atoms with Gasteiger partial charge < -0.3 is 10.4 Å². The van der Waals surface area contributed by atoms with Crippen LogP contribution in [-0.4, -0.2) is 22.8 Å². The molecule has 3 nitrogen and oxygen atoms in total. The Kier molecular flexibility index (Phi) is 4.47. The maximum Gasteiger partial charge on any atom is 0.147 e. The third-order valence-electron chi connectivity index (χ3n) is 3.45. The number of nitrogens with one attached hydrogen (secondary N) is 1. The molecule has 1 fully saturated rings. The zero-order valence-corrected chi connectivity index (χ0v) is 10.2. The molecular formula is C13H18F2N2O. The molecule has 5 heteroatoms. The molecule has 1 aromatic heterocycles. The number of nitrogens with zero attached hydrogens (tertiary/aromatic N) is 1. The fraction of sp³-hybridized carbons (Fsp3) is 0.615. The fourth-order valence-corrected chi connectivity index (χ4v) is 2.27. The number of rotatable bonds is 4. The van der Waals surface area contributed by atoms with E-state index in [1.807, 2.05) is 0 Å². The number of aliphatic hydroxyl groups is 1. The second-order valence-electron chi connectivity index (χ2n) is 4.82. The summed E-state index contributed by atoms with van der Waals surface area (Å²) in [6.45, 7) is 0.381. The van der Waals surface area contributed by atoms with Crippen LogP contribution in [0.5, 0.6) is 0 Å². The number of aromatic nitrogens is 1. The largest absolute Gasteiger partial charge is 0.392 e. The van der Waals surface area contributed by atoms with Crippen molar-refractivity contribution in [3.8, 4) is 0 Å². The third kappa shape index (κ3) is 3.38. The minimum atomic E-state index is -0.647. The van der Waals surface area contributed by atoms with Crippen LogP contribution in [0.4, 0.5) is 14.6 Å². The van der Waals surface area contributed by atoms with Crippen molar-refractivity contribution in [1.29, 1.82) is 0 Å². The number of hydrogen-bond donors (Lipinski definition) is 2. The predicted octanol–water partition coefficient (Wildman–Crippen LogP) is 2.65. The summed E-state index contributed by atoms with van der Waals surface area (Å²) < 4.78 is 26.1. The van der Waals surface area contributed by atoms with Crippen molar-refractivity contribution < 1.29 is 13.9 Å². The summed E-state index contributed by atoms with van der Waals surface area (Å²) in [7, 11) is 0. The van der Waals surface area contributed by atoms with Crippen molar-refractivity contribution in [2.24, 2.45) is 5.92 Å². The van der Waals surface area contributed by atoms with Crippen LogP contribution in [0.1, 0.15) is 31.2 Å². The summed E-state index contributed by atoms with van der Waals surface area (Å²) in [5, 5.41) is 12.1. The van der Waals surface area contributed by atoms with Crippen molar-refractivity contribution >= 4 is 5.82 Å². The molecule has 18 heavy (non-hydrogen) atoms. The Morgan fingerprint density at radius 2 is 2.06 bits per heavy atom. The molecule has 0 bridgehead atoms. The number of aliphatic hydroxyl groups excluding tert-OH is 1. The van der Waals surface area contributed by atoms with Crippen LogP contribution in [-0.2, 0) is 6.61 Å². The molecule has 1 aromatic rings. The Labute approximate surface area is 105 Å². The summed E-state index contributed by atoms with van der Waals surface area (Å²) in [5.74, 6) is 0.505. The molecule has 2 N–H and O–H groups in total. The highest BCUT2D eigenvalue weighted by Crippen LogP contribution is 2.26. The molecule has 0 saturated heterocycles. The van der Waals surface area contributed by atoms with Crippen LogP contribution >= 0.6 is 0 Å². The van der Waals surface area contributed by atoms with E-state index >= 15 is 0 Å². The van der Waals surface area contributed by atoms with Gasteiger partial charge in [0.2, 0.25) is 0 Å². The molecule has 1 heterocycles. The topological polar surface area (TPSA) is 45.1 Å². The molecule has 1 aliphatic rings. The zero-order valence-electron chi connectivity index (χ0n) is 10.2. The first-order valence-electron chi connectivity index (χ1n) is 6.32. The summed E-state index contributed by atoms with van der Waals surface area (Å²) in [6.07, 6.45) is 3.47. The molecule has 0 aliphatic heterocycles. The lowest BCUT2D eigenvalue weighted by atomic mass is 9.88. The molecule has 2 rings (SSSR count). The number of alkyl halides is 1. The Balaban J connectivity index is 1.86. The van der Waals surface area contributed by atoms with Crippen molar-refractivity contribution in [1.82, 2.24) is 4.98 Å². The maximum absolute atomic E-state index is 13.1. The van der Waals surface area contributed by atoms with E-state index in [0.29, 0.717) is 24.6 Å². The molecule has 0 aromatic carbocycles. The summed E-state index contributed by atoms with van der Waals surface area (Å²) in [6, 6.07) is 1.51. The van der Waals surface area contributed by atoms with Crippen LogP contribution in [0, 0.1) is 11.7 Å². The van der Waals surface area contributed by atoms with E-state index in [0.717, 1.165) is 25.6 Å². The highest BCUT2D eigenvalue weighted by Gasteiger charge is 2.20. The normalized spacial score (nSPS) is 23.9. The lowest BCUT2D eigenvalue weighted by molar-refractivity contribution is 0.212. The first-order valence-corrected chi connectivity index (χ1v) is 6.32. The van der Waals surface area contributed by atoms with Gasteiger partial charge in [0.1, 0.15) is 17.8 Å². The van der Waals surface area contributed by atoms with Gasteiger partial charge in [-0.2, -0.15) is 0 Å². The van der Waals surface area contributed by atoms with Gasteiger partial charge in [0, 0.05) is 12.1 Å². The van der Waals surface area contributed by atoms with Crippen LogP contribution in [0.2, 0.25) is 0 Å². The van der Waals surface area contributed by atoms with Crippen molar-refractivity contribution in [3.05, 3.63) is 23.6 Å². The second-order valence-corrected chi connectivity index (χ2v) is 4.82. The third-order valence-corrected chi connectivity index (χ3v) is 3.45. The Bertz CT molecular complexity index is 393. The first-order chi connectivity index (χ1) is 8.69. The smallest absolute Gasteiger partial charge is 0.147 e. The van der Waals surface area contributed by atoms with Gasteiger partial charge in [0.15, 0.2) is 0 Å². The second kappa shape index (κ2) is 6.09. The molecular weight excluding hydrogens is 238 g/mol. The Morgan fingerprint density at radius 3 is 2.72 bits per heavy atom. The maximum atomic E-state index is 13.1. The van der Waals surface area contributed by atoms with Gasteiger partial charge in [0.05, 0.1) is 12.8 Å². The number of anilines is 1. The summed E-state index contributed by atoms with van der Waals surface area (Å²) in [4.78, 5) is 3.91. The minimum Gasteiger partial charge on any atom is -0.392 e. The van der Waals surface area contributed by atoms with E-state index in [4.69, 9.17) is 5.11 Å². The van der Waals surface area contributed by atoms with Crippen LogP contribution in [0.3, 0.4) is 0 Å². The molecule has 1 aliphatic carbocycles. The average molecular weight is 256 g/mol. The van der Waals surface area contributed by atoms with E-state index in [9.17, 15) is 8.78 Å². The molecule has 0 spiro atoms. The minimum absolute atomic E-state index is 0.236. The van der Waals surface area contributed by atoms with Crippen molar-refractivity contribution in [3.63, 3.8) is 0 Å². The highest BCUT2D eigenvalue weighted by molar-refractivity contribution is 5.37. The van der Waals surface area contributed by atoms with E-state index < -0.39 is 12.0 Å². The van der Waals surface area contributed by atoms with Gasteiger partial charge in [-0.3, -0.25) is 0 Å².